The minimum Gasteiger partial charge on any atom is -0.480 e. The van der Waals surface area contributed by atoms with Crippen LogP contribution >= 0.6 is 0 Å². The van der Waals surface area contributed by atoms with Gasteiger partial charge < -0.3 is 18.9 Å². The lowest BCUT2D eigenvalue weighted by Gasteiger charge is -2.31. The molecule has 1 aliphatic rings. The van der Waals surface area contributed by atoms with Crippen molar-refractivity contribution in [1.82, 2.24) is 0 Å². The van der Waals surface area contributed by atoms with Gasteiger partial charge in [-0.15, -0.1) is 0 Å². The molecule has 0 aromatic rings. The van der Waals surface area contributed by atoms with Crippen molar-refractivity contribution in [3.63, 3.8) is 0 Å². The third-order valence-electron chi connectivity index (χ3n) is 6.45. The lowest BCUT2D eigenvalue weighted by molar-refractivity contribution is 0.0349. The molecule has 214 valence electrons. The second-order valence-electron chi connectivity index (χ2n) is 10.9. The molecule has 1 heterocycles. The first kappa shape index (κ1) is 33.1. The topological polar surface area (TPSA) is 86.4 Å². The Bertz CT molecular complexity index is 761. The number of nitrogens with zero attached hydrogens (tertiary/aromatic N) is 4. The second-order valence-corrected chi connectivity index (χ2v) is 10.9. The summed E-state index contributed by atoms with van der Waals surface area (Å²) in [7, 11) is 0. The third-order valence-corrected chi connectivity index (χ3v) is 6.45. The molecule has 1 rings (SSSR count). The van der Waals surface area contributed by atoms with E-state index in [9.17, 15) is 0 Å². The van der Waals surface area contributed by atoms with Gasteiger partial charge in [0.25, 0.3) is 0 Å². The average molecular weight is 523 g/mol. The van der Waals surface area contributed by atoms with Gasteiger partial charge in [0.15, 0.2) is 6.23 Å². The highest BCUT2D eigenvalue weighted by Gasteiger charge is 2.33. The summed E-state index contributed by atoms with van der Waals surface area (Å²) in [6.45, 7) is 27.1. The maximum atomic E-state index is 5.94. The number of rotatable bonds is 16. The van der Waals surface area contributed by atoms with E-state index in [0.717, 1.165) is 37.5 Å². The second kappa shape index (κ2) is 16.8. The molecule has 1 aliphatic heterocycles. The molecule has 0 aromatic carbocycles. The monoisotopic (exact) mass is 522 g/mol. The molecule has 1 unspecified atom stereocenters. The van der Waals surface area contributed by atoms with Gasteiger partial charge in [-0.1, -0.05) is 41.5 Å². The van der Waals surface area contributed by atoms with E-state index in [1.165, 1.54) is 0 Å². The first-order chi connectivity index (χ1) is 17.5. The summed E-state index contributed by atoms with van der Waals surface area (Å²) >= 11 is 0. The van der Waals surface area contributed by atoms with E-state index < -0.39 is 0 Å². The summed E-state index contributed by atoms with van der Waals surface area (Å²) in [5.41, 5.74) is 0.0468. The minimum absolute atomic E-state index is 0.0468. The fourth-order valence-corrected chi connectivity index (χ4v) is 4.25. The molecule has 0 saturated carbocycles. The van der Waals surface area contributed by atoms with Crippen molar-refractivity contribution in [2.75, 3.05) is 26.4 Å². The first-order valence-corrected chi connectivity index (χ1v) is 14.2. The minimum atomic E-state index is -0.251. The summed E-state index contributed by atoms with van der Waals surface area (Å²) in [4.78, 5) is 19.1. The van der Waals surface area contributed by atoms with Crippen molar-refractivity contribution in [1.29, 1.82) is 0 Å². The Labute approximate surface area is 226 Å². The lowest BCUT2D eigenvalue weighted by Crippen LogP contribution is -2.38. The van der Waals surface area contributed by atoms with Crippen molar-refractivity contribution in [2.45, 2.75) is 119 Å². The van der Waals surface area contributed by atoms with Crippen LogP contribution in [0.25, 0.3) is 0 Å². The highest BCUT2D eigenvalue weighted by Crippen LogP contribution is 2.32. The van der Waals surface area contributed by atoms with Crippen LogP contribution in [0.4, 0.5) is 0 Å². The van der Waals surface area contributed by atoms with E-state index in [2.05, 4.69) is 53.3 Å². The maximum absolute atomic E-state index is 5.94. The SMILES string of the molecule is C=N[C@H](CCC(C)(C)CC[C@H]1N=C(OCC)C(C(C)C)N=C1OCC)/C(=N\[C@H](OCC)C(C)C)OCC. The highest BCUT2D eigenvalue weighted by molar-refractivity contribution is 5.94. The first-order valence-electron chi connectivity index (χ1n) is 14.2. The van der Waals surface area contributed by atoms with Crippen molar-refractivity contribution >= 4 is 24.4 Å². The molecule has 4 atom stereocenters. The third kappa shape index (κ3) is 11.1. The predicted molar refractivity (Wildman–Crippen MR) is 155 cm³/mol. The molecule has 0 aliphatic carbocycles. The summed E-state index contributed by atoms with van der Waals surface area (Å²) < 4.78 is 23.6. The average Bonchev–Trinajstić information content (AvgIpc) is 2.83. The van der Waals surface area contributed by atoms with Gasteiger partial charge >= 0.3 is 0 Å². The van der Waals surface area contributed by atoms with E-state index >= 15 is 0 Å². The van der Waals surface area contributed by atoms with Crippen LogP contribution in [0, 0.1) is 17.3 Å². The van der Waals surface area contributed by atoms with Gasteiger partial charge in [-0.25, -0.2) is 15.0 Å². The van der Waals surface area contributed by atoms with Crippen LogP contribution in [0.1, 0.15) is 94.9 Å². The zero-order chi connectivity index (χ0) is 28.0. The van der Waals surface area contributed by atoms with Crippen molar-refractivity contribution in [3.05, 3.63) is 0 Å². The Morgan fingerprint density at radius 2 is 1.57 bits per heavy atom. The van der Waals surface area contributed by atoms with Crippen molar-refractivity contribution < 1.29 is 18.9 Å². The van der Waals surface area contributed by atoms with E-state index in [-0.39, 0.29) is 35.7 Å². The molecule has 8 heteroatoms. The van der Waals surface area contributed by atoms with Gasteiger partial charge in [-0.3, -0.25) is 4.99 Å². The molecule has 0 amide bonds. The predicted octanol–water partition coefficient (Wildman–Crippen LogP) is 6.37. The summed E-state index contributed by atoms with van der Waals surface area (Å²) in [5, 5.41) is 0. The van der Waals surface area contributed by atoms with Gasteiger partial charge in [0.2, 0.25) is 17.7 Å². The van der Waals surface area contributed by atoms with E-state index in [0.29, 0.717) is 38.2 Å². The van der Waals surface area contributed by atoms with E-state index in [1.54, 1.807) is 0 Å². The summed E-state index contributed by atoms with van der Waals surface area (Å²) in [6, 6.07) is -0.416. The van der Waals surface area contributed by atoms with Crippen molar-refractivity contribution in [2.24, 2.45) is 37.2 Å². The lowest BCUT2D eigenvalue weighted by atomic mass is 9.81. The Balaban J connectivity index is 2.95. The molecule has 37 heavy (non-hydrogen) atoms. The van der Waals surface area contributed by atoms with Crippen molar-refractivity contribution in [3.8, 4) is 0 Å². The van der Waals surface area contributed by atoms with Crippen LogP contribution in [0.15, 0.2) is 20.0 Å². The molecule has 8 nitrogen and oxygen atoms in total. The zero-order valence-electron chi connectivity index (χ0n) is 25.2. The molecule has 0 radical (unpaired) electrons. The molecule has 0 spiro atoms. The maximum Gasteiger partial charge on any atom is 0.211 e. The Morgan fingerprint density at radius 3 is 2.08 bits per heavy atom. The van der Waals surface area contributed by atoms with Gasteiger partial charge in [0, 0.05) is 12.5 Å². The molecule has 0 N–H and O–H groups in total. The highest BCUT2D eigenvalue weighted by atomic mass is 16.5. The summed E-state index contributed by atoms with van der Waals surface area (Å²) in [5.74, 6) is 2.61. The quantitative estimate of drug-likeness (QED) is 0.174. The molecule has 0 saturated heterocycles. The molecular weight excluding hydrogens is 468 g/mol. The number of ether oxygens (including phenoxy) is 4. The van der Waals surface area contributed by atoms with Gasteiger partial charge in [0.05, 0.1) is 19.8 Å². The number of hydrogen-bond donors (Lipinski definition) is 0. The van der Waals surface area contributed by atoms with Crippen LogP contribution in [0.5, 0.6) is 0 Å². The molecule has 0 bridgehead atoms. The molecular formula is C29H54N4O4. The van der Waals surface area contributed by atoms with Crippen LogP contribution in [0.3, 0.4) is 0 Å². The number of hydrogen-bond acceptors (Lipinski definition) is 8. The largest absolute Gasteiger partial charge is 0.480 e. The van der Waals surface area contributed by atoms with E-state index in [1.807, 2.05) is 27.7 Å². The Hall–Kier alpha value is -1.96. The smallest absolute Gasteiger partial charge is 0.211 e. The van der Waals surface area contributed by atoms with Gasteiger partial charge in [0.1, 0.15) is 18.1 Å². The fourth-order valence-electron chi connectivity index (χ4n) is 4.25. The van der Waals surface area contributed by atoms with Crippen LogP contribution in [-0.2, 0) is 18.9 Å². The summed E-state index contributed by atoms with van der Waals surface area (Å²) in [6.07, 6.45) is 3.28. The zero-order valence-corrected chi connectivity index (χ0v) is 25.2. The number of aliphatic imine (C=N–C) groups is 4. The molecule has 0 fully saturated rings. The van der Waals surface area contributed by atoms with Crippen LogP contribution < -0.4 is 0 Å². The fraction of sp³-hybridized carbons (Fsp3) is 0.862. The standard InChI is InChI=1S/C29H54N4O4/c1-12-34-25(21(7)8)33-26(35-13-2)22(30-11)16-18-29(9,10)19-17-23-27(36-14-3)32-24(20(5)6)28(31-23)37-15-4/h20-25H,11-19H2,1-10H3/b33-26+/t22-,23-,24?,25-/m1/s1. The van der Waals surface area contributed by atoms with Crippen LogP contribution in [-0.4, -0.2) is 75.2 Å². The normalized spacial score (nSPS) is 20.4. The van der Waals surface area contributed by atoms with Gasteiger partial charge in [-0.2, -0.15) is 0 Å². The van der Waals surface area contributed by atoms with Gasteiger partial charge in [-0.05, 0) is 71.4 Å². The molecule has 0 aromatic heterocycles. The Kier molecular flexibility index (Phi) is 15.0. The van der Waals surface area contributed by atoms with Crippen LogP contribution in [0.2, 0.25) is 0 Å². The Morgan fingerprint density at radius 1 is 0.919 bits per heavy atom. The van der Waals surface area contributed by atoms with E-state index in [4.69, 9.17) is 33.9 Å².